The van der Waals surface area contributed by atoms with Gasteiger partial charge in [-0.25, -0.2) is 0 Å². The molecule has 0 aliphatic heterocycles. The second kappa shape index (κ2) is 15.4. The van der Waals surface area contributed by atoms with E-state index >= 15 is 0 Å². The zero-order valence-electron chi connectivity index (χ0n) is 16.0. The number of methoxy groups -OCH3 is 1. The first-order chi connectivity index (χ1) is 11.9. The Morgan fingerprint density at radius 2 is 1.00 bits per heavy atom. The minimum absolute atomic E-state index is 0.824. The largest absolute Gasteiger partial charge is 0.497 e. The van der Waals surface area contributed by atoms with Crippen LogP contribution in [-0.2, 0) is 0 Å². The Kier molecular flexibility index (Phi) is 13.3. The van der Waals surface area contributed by atoms with Gasteiger partial charge in [0.2, 0.25) is 0 Å². The Balaban J connectivity index is 1.80. The van der Waals surface area contributed by atoms with Crippen LogP contribution in [0.1, 0.15) is 90.4 Å². The van der Waals surface area contributed by atoms with E-state index in [0.29, 0.717) is 0 Å². The molecule has 138 valence electrons. The first kappa shape index (κ1) is 20.9. The number of hydrogen-bond donors (Lipinski definition) is 0. The van der Waals surface area contributed by atoms with Crippen LogP contribution in [0.25, 0.3) is 0 Å². The summed E-state index contributed by atoms with van der Waals surface area (Å²) in [5.74, 6) is 1.82. The second-order valence-corrected chi connectivity index (χ2v) is 6.77. The maximum Gasteiger partial charge on any atom is 0.119 e. The molecule has 0 saturated carbocycles. The fraction of sp³-hybridized carbons (Fsp3) is 0.727. The van der Waals surface area contributed by atoms with Crippen molar-refractivity contribution >= 4 is 0 Å². The van der Waals surface area contributed by atoms with Gasteiger partial charge >= 0.3 is 0 Å². The van der Waals surface area contributed by atoms with Crippen molar-refractivity contribution in [3.63, 3.8) is 0 Å². The van der Waals surface area contributed by atoms with Crippen molar-refractivity contribution in [2.75, 3.05) is 13.7 Å². The lowest BCUT2D eigenvalue weighted by Crippen LogP contribution is -1.97. The Bertz CT molecular complexity index is 372. The summed E-state index contributed by atoms with van der Waals surface area (Å²) in [5, 5.41) is 0. The molecule has 0 unspecified atom stereocenters. The van der Waals surface area contributed by atoms with E-state index in [9.17, 15) is 0 Å². The fourth-order valence-electron chi connectivity index (χ4n) is 2.98. The number of ether oxygens (including phenoxy) is 2. The summed E-state index contributed by atoms with van der Waals surface area (Å²) in [6, 6.07) is 7.83. The van der Waals surface area contributed by atoms with Crippen LogP contribution < -0.4 is 9.47 Å². The molecule has 0 atom stereocenters. The molecular formula is C22H38O2. The summed E-state index contributed by atoms with van der Waals surface area (Å²) in [5.41, 5.74) is 0. The average molecular weight is 335 g/mol. The quantitative estimate of drug-likeness (QED) is 0.298. The summed E-state index contributed by atoms with van der Waals surface area (Å²) in [6.45, 7) is 3.11. The molecule has 0 saturated heterocycles. The van der Waals surface area contributed by atoms with Crippen molar-refractivity contribution in [3.05, 3.63) is 24.3 Å². The van der Waals surface area contributed by atoms with Crippen LogP contribution in [-0.4, -0.2) is 13.7 Å². The molecule has 1 aromatic carbocycles. The summed E-state index contributed by atoms with van der Waals surface area (Å²) in [7, 11) is 1.68. The second-order valence-electron chi connectivity index (χ2n) is 6.77. The van der Waals surface area contributed by atoms with Gasteiger partial charge in [0.05, 0.1) is 13.7 Å². The van der Waals surface area contributed by atoms with Crippen molar-refractivity contribution in [1.82, 2.24) is 0 Å². The third kappa shape index (κ3) is 11.4. The molecule has 0 fully saturated rings. The van der Waals surface area contributed by atoms with E-state index in [1.165, 1.54) is 77.0 Å². The smallest absolute Gasteiger partial charge is 0.119 e. The summed E-state index contributed by atoms with van der Waals surface area (Å²) < 4.78 is 10.9. The first-order valence-corrected chi connectivity index (χ1v) is 10.1. The summed E-state index contributed by atoms with van der Waals surface area (Å²) >= 11 is 0. The highest BCUT2D eigenvalue weighted by atomic mass is 16.5. The maximum atomic E-state index is 5.75. The van der Waals surface area contributed by atoms with Gasteiger partial charge in [0, 0.05) is 0 Å². The number of rotatable bonds is 16. The van der Waals surface area contributed by atoms with Gasteiger partial charge < -0.3 is 9.47 Å². The van der Waals surface area contributed by atoms with Crippen molar-refractivity contribution in [2.24, 2.45) is 0 Å². The highest BCUT2D eigenvalue weighted by Gasteiger charge is 1.96. The van der Waals surface area contributed by atoms with E-state index in [2.05, 4.69) is 6.92 Å². The topological polar surface area (TPSA) is 18.5 Å². The van der Waals surface area contributed by atoms with Crippen LogP contribution in [0, 0.1) is 0 Å². The highest BCUT2D eigenvalue weighted by molar-refractivity contribution is 5.31. The first-order valence-electron chi connectivity index (χ1n) is 10.1. The Hall–Kier alpha value is -1.18. The molecule has 0 spiro atoms. The van der Waals surface area contributed by atoms with Gasteiger partial charge in [-0.3, -0.25) is 0 Å². The van der Waals surface area contributed by atoms with Crippen LogP contribution in [0.15, 0.2) is 24.3 Å². The van der Waals surface area contributed by atoms with Crippen LogP contribution in [0.5, 0.6) is 11.5 Å². The average Bonchev–Trinajstić information content (AvgIpc) is 2.62. The Morgan fingerprint density at radius 3 is 1.46 bits per heavy atom. The lowest BCUT2D eigenvalue weighted by Gasteiger charge is -2.07. The zero-order chi connectivity index (χ0) is 17.3. The van der Waals surface area contributed by atoms with Crippen LogP contribution in [0.4, 0.5) is 0 Å². The van der Waals surface area contributed by atoms with Crippen LogP contribution in [0.3, 0.4) is 0 Å². The highest BCUT2D eigenvalue weighted by Crippen LogP contribution is 2.17. The maximum absolute atomic E-state index is 5.75. The van der Waals surface area contributed by atoms with Gasteiger partial charge in [-0.2, -0.15) is 0 Å². The molecule has 0 aliphatic rings. The van der Waals surface area contributed by atoms with Crippen molar-refractivity contribution in [1.29, 1.82) is 0 Å². The lowest BCUT2D eigenvalue weighted by molar-refractivity contribution is 0.303. The minimum Gasteiger partial charge on any atom is -0.497 e. The molecule has 1 aromatic rings. The number of benzene rings is 1. The van der Waals surface area contributed by atoms with Gasteiger partial charge in [-0.1, -0.05) is 84.0 Å². The monoisotopic (exact) mass is 334 g/mol. The predicted molar refractivity (Wildman–Crippen MR) is 104 cm³/mol. The Labute approximate surface area is 149 Å². The van der Waals surface area contributed by atoms with Gasteiger partial charge in [0.15, 0.2) is 0 Å². The predicted octanol–water partition coefficient (Wildman–Crippen LogP) is 7.17. The molecule has 2 nitrogen and oxygen atoms in total. The molecule has 0 aliphatic carbocycles. The van der Waals surface area contributed by atoms with E-state index in [1.807, 2.05) is 24.3 Å². The van der Waals surface area contributed by atoms with E-state index in [1.54, 1.807) is 7.11 Å². The molecule has 0 amide bonds. The third-order valence-corrected chi connectivity index (χ3v) is 4.58. The molecular weight excluding hydrogens is 296 g/mol. The number of unbranched alkanes of at least 4 members (excludes halogenated alkanes) is 12. The summed E-state index contributed by atoms with van der Waals surface area (Å²) in [4.78, 5) is 0. The minimum atomic E-state index is 0.824. The normalized spacial score (nSPS) is 10.8. The van der Waals surface area contributed by atoms with E-state index in [4.69, 9.17) is 9.47 Å². The SMILES string of the molecule is CCCCCCCCCCCCCCCOc1ccc(OC)cc1. The molecule has 1 rings (SSSR count). The molecule has 0 bridgehead atoms. The molecule has 2 heteroatoms. The number of hydrogen-bond acceptors (Lipinski definition) is 2. The third-order valence-electron chi connectivity index (χ3n) is 4.58. The van der Waals surface area contributed by atoms with Crippen molar-refractivity contribution in [2.45, 2.75) is 90.4 Å². The fourth-order valence-corrected chi connectivity index (χ4v) is 2.98. The van der Waals surface area contributed by atoms with Gasteiger partial charge in [0.25, 0.3) is 0 Å². The van der Waals surface area contributed by atoms with E-state index < -0.39 is 0 Å². The molecule has 0 N–H and O–H groups in total. The molecule has 0 heterocycles. The van der Waals surface area contributed by atoms with E-state index in [0.717, 1.165) is 24.5 Å². The Morgan fingerprint density at radius 1 is 0.583 bits per heavy atom. The lowest BCUT2D eigenvalue weighted by atomic mass is 10.0. The summed E-state index contributed by atoms with van der Waals surface area (Å²) in [6.07, 6.45) is 18.0. The zero-order valence-corrected chi connectivity index (χ0v) is 16.0. The van der Waals surface area contributed by atoms with Gasteiger partial charge in [0.1, 0.15) is 11.5 Å². The molecule has 0 aromatic heterocycles. The van der Waals surface area contributed by atoms with E-state index in [-0.39, 0.29) is 0 Å². The van der Waals surface area contributed by atoms with Crippen LogP contribution >= 0.6 is 0 Å². The standard InChI is InChI=1S/C22H38O2/c1-3-4-5-6-7-8-9-10-11-12-13-14-15-20-24-22-18-16-21(23-2)17-19-22/h16-19H,3-15,20H2,1-2H3. The van der Waals surface area contributed by atoms with Gasteiger partial charge in [-0.15, -0.1) is 0 Å². The van der Waals surface area contributed by atoms with Crippen LogP contribution in [0.2, 0.25) is 0 Å². The molecule has 0 radical (unpaired) electrons. The molecule has 24 heavy (non-hydrogen) atoms. The van der Waals surface area contributed by atoms with Gasteiger partial charge in [-0.05, 0) is 30.7 Å². The van der Waals surface area contributed by atoms with Crippen molar-refractivity contribution in [3.8, 4) is 11.5 Å². The van der Waals surface area contributed by atoms with Crippen molar-refractivity contribution < 1.29 is 9.47 Å².